The molecule has 0 aliphatic carbocycles. The predicted octanol–water partition coefficient (Wildman–Crippen LogP) is 3.76. The normalized spacial score (nSPS) is 11.5. The minimum atomic E-state index is -4.52. The van der Waals surface area contributed by atoms with Crippen molar-refractivity contribution in [3.63, 3.8) is 0 Å². The first-order valence-electron chi connectivity index (χ1n) is 6.35. The molecule has 0 aliphatic heterocycles. The fourth-order valence-corrected chi connectivity index (χ4v) is 2.38. The number of nitrogens with zero attached hydrogens (tertiary/aromatic N) is 2. The fourth-order valence-electron chi connectivity index (χ4n) is 1.99. The molecule has 1 aromatic heterocycles. The quantitative estimate of drug-likeness (QED) is 0.765. The molecule has 0 radical (unpaired) electrons. The van der Waals surface area contributed by atoms with E-state index < -0.39 is 17.6 Å². The lowest BCUT2D eigenvalue weighted by Crippen LogP contribution is -2.22. The van der Waals surface area contributed by atoms with E-state index in [2.05, 4.69) is 33.0 Å². The largest absolute Gasteiger partial charge is 0.418 e. The summed E-state index contributed by atoms with van der Waals surface area (Å²) in [6.45, 7) is 3.47. The second kappa shape index (κ2) is 6.27. The molecule has 8 heteroatoms. The minimum absolute atomic E-state index is 0.137. The number of para-hydroxylation sites is 1. The van der Waals surface area contributed by atoms with Crippen LogP contribution < -0.4 is 5.32 Å². The molecule has 0 bridgehead atoms. The topological polar surface area (TPSA) is 46.9 Å². The van der Waals surface area contributed by atoms with Gasteiger partial charge in [-0.25, -0.2) is 0 Å². The van der Waals surface area contributed by atoms with Crippen LogP contribution in [0.25, 0.3) is 0 Å². The number of aromatic nitrogens is 2. The average Bonchev–Trinajstić information content (AvgIpc) is 2.65. The highest BCUT2D eigenvalue weighted by Crippen LogP contribution is 2.34. The predicted molar refractivity (Wildman–Crippen MR) is 84.5 cm³/mol. The maximum absolute atomic E-state index is 12.9. The molecule has 1 N–H and O–H groups in total. The molecule has 0 saturated heterocycles. The summed E-state index contributed by atoms with van der Waals surface area (Å²) < 4.78 is 41.0. The summed E-state index contributed by atoms with van der Waals surface area (Å²) in [6.07, 6.45) is -4.52. The van der Waals surface area contributed by atoms with Gasteiger partial charge >= 0.3 is 6.18 Å². The van der Waals surface area contributed by atoms with Crippen LogP contribution in [0.1, 0.15) is 17.0 Å². The molecule has 1 aromatic carbocycles. The molecule has 1 heterocycles. The van der Waals surface area contributed by atoms with E-state index in [1.165, 1.54) is 22.9 Å². The molecule has 4 nitrogen and oxygen atoms in total. The third-order valence-corrected chi connectivity index (χ3v) is 4.65. The van der Waals surface area contributed by atoms with Crippen molar-refractivity contribution in [3.05, 3.63) is 44.8 Å². The maximum Gasteiger partial charge on any atom is 0.418 e. The lowest BCUT2D eigenvalue weighted by atomic mass is 10.1. The molecule has 2 aromatic rings. The van der Waals surface area contributed by atoms with Gasteiger partial charge in [-0.1, -0.05) is 12.1 Å². The number of anilines is 1. The van der Waals surface area contributed by atoms with Gasteiger partial charge in [-0.05, 0) is 48.6 Å². The van der Waals surface area contributed by atoms with Crippen LogP contribution in [0.5, 0.6) is 0 Å². The van der Waals surface area contributed by atoms with Crippen LogP contribution in [0, 0.1) is 17.4 Å². The van der Waals surface area contributed by atoms with Crippen molar-refractivity contribution in [2.75, 3.05) is 5.32 Å². The summed E-state index contributed by atoms with van der Waals surface area (Å²) >= 11 is 2.11. The highest BCUT2D eigenvalue weighted by molar-refractivity contribution is 14.1. The van der Waals surface area contributed by atoms with E-state index in [9.17, 15) is 18.0 Å². The van der Waals surface area contributed by atoms with Gasteiger partial charge in [0.15, 0.2) is 0 Å². The first-order valence-corrected chi connectivity index (χ1v) is 7.43. The van der Waals surface area contributed by atoms with Crippen molar-refractivity contribution >= 4 is 34.2 Å². The second-order valence-electron chi connectivity index (χ2n) is 4.73. The van der Waals surface area contributed by atoms with Crippen molar-refractivity contribution in [2.24, 2.45) is 0 Å². The number of alkyl halides is 3. The van der Waals surface area contributed by atoms with Crippen LogP contribution in [0.3, 0.4) is 0 Å². The number of benzene rings is 1. The zero-order valence-electron chi connectivity index (χ0n) is 11.8. The van der Waals surface area contributed by atoms with E-state index in [1.54, 1.807) is 6.92 Å². The van der Waals surface area contributed by atoms with Crippen LogP contribution in [-0.4, -0.2) is 15.7 Å². The van der Waals surface area contributed by atoms with Gasteiger partial charge in [-0.15, -0.1) is 0 Å². The summed E-state index contributed by atoms with van der Waals surface area (Å²) in [7, 11) is 0. The van der Waals surface area contributed by atoms with E-state index in [0.29, 0.717) is 0 Å². The number of aryl methyl sites for hydroxylation is 1. The Labute approximate surface area is 138 Å². The van der Waals surface area contributed by atoms with Gasteiger partial charge in [-0.2, -0.15) is 18.3 Å². The standard InChI is InChI=1S/C14H13F3IN3O/c1-8-13(18)9(2)21(20-8)7-12(22)19-11-6-4-3-5-10(11)14(15,16)17/h3-6H,7H2,1-2H3,(H,19,22). The van der Waals surface area contributed by atoms with Crippen molar-refractivity contribution < 1.29 is 18.0 Å². The first kappa shape index (κ1) is 16.8. The van der Waals surface area contributed by atoms with Crippen LogP contribution >= 0.6 is 22.6 Å². The first-order chi connectivity index (χ1) is 10.2. The Kier molecular flexibility index (Phi) is 4.78. The number of carbonyl (C=O) groups excluding carboxylic acids is 1. The van der Waals surface area contributed by atoms with E-state index in [1.807, 2.05) is 6.92 Å². The number of nitrogens with one attached hydrogen (secondary N) is 1. The highest BCUT2D eigenvalue weighted by atomic mass is 127. The van der Waals surface area contributed by atoms with E-state index in [4.69, 9.17) is 0 Å². The molecule has 0 unspecified atom stereocenters. The van der Waals surface area contributed by atoms with Gasteiger partial charge in [0, 0.05) is 5.69 Å². The van der Waals surface area contributed by atoms with Gasteiger partial charge in [0.2, 0.25) is 5.91 Å². The molecule has 118 valence electrons. The monoisotopic (exact) mass is 423 g/mol. The summed E-state index contributed by atoms with van der Waals surface area (Å²) in [4.78, 5) is 12.0. The molecular weight excluding hydrogens is 410 g/mol. The Morgan fingerprint density at radius 3 is 2.50 bits per heavy atom. The van der Waals surface area contributed by atoms with Crippen molar-refractivity contribution in [1.29, 1.82) is 0 Å². The lowest BCUT2D eigenvalue weighted by Gasteiger charge is -2.13. The second-order valence-corrected chi connectivity index (χ2v) is 5.81. The van der Waals surface area contributed by atoms with Crippen molar-refractivity contribution in [1.82, 2.24) is 9.78 Å². The SMILES string of the molecule is Cc1nn(CC(=O)Nc2ccccc2C(F)(F)F)c(C)c1I. The Morgan fingerprint density at radius 1 is 1.32 bits per heavy atom. The molecule has 22 heavy (non-hydrogen) atoms. The van der Waals surface area contributed by atoms with Crippen LogP contribution in [0.15, 0.2) is 24.3 Å². The molecule has 0 aliphatic rings. The van der Waals surface area contributed by atoms with Gasteiger partial charge in [0.1, 0.15) is 6.54 Å². The Hall–Kier alpha value is -1.58. The van der Waals surface area contributed by atoms with Crippen molar-refractivity contribution in [2.45, 2.75) is 26.6 Å². The Balaban J connectivity index is 2.18. The van der Waals surface area contributed by atoms with E-state index in [0.717, 1.165) is 21.0 Å². The fraction of sp³-hybridized carbons (Fsp3) is 0.286. The minimum Gasteiger partial charge on any atom is -0.324 e. The number of carbonyl (C=O) groups is 1. The molecule has 2 rings (SSSR count). The summed E-state index contributed by atoms with van der Waals surface area (Å²) in [5.41, 5.74) is 0.460. The molecule has 0 atom stereocenters. The van der Waals surface area contributed by atoms with Crippen LogP contribution in [-0.2, 0) is 17.5 Å². The van der Waals surface area contributed by atoms with E-state index in [-0.39, 0.29) is 12.2 Å². The average molecular weight is 423 g/mol. The zero-order chi connectivity index (χ0) is 16.5. The van der Waals surface area contributed by atoms with Gasteiger partial charge in [0.05, 0.1) is 20.5 Å². The Bertz CT molecular complexity index is 710. The lowest BCUT2D eigenvalue weighted by molar-refractivity contribution is -0.137. The number of rotatable bonds is 3. The van der Waals surface area contributed by atoms with Crippen LogP contribution in [0.2, 0.25) is 0 Å². The van der Waals surface area contributed by atoms with Crippen molar-refractivity contribution in [3.8, 4) is 0 Å². The molecule has 1 amide bonds. The smallest absolute Gasteiger partial charge is 0.324 e. The molecule has 0 saturated carbocycles. The van der Waals surface area contributed by atoms with Gasteiger partial charge in [-0.3, -0.25) is 9.48 Å². The Morgan fingerprint density at radius 2 is 1.95 bits per heavy atom. The molecule has 0 fully saturated rings. The third kappa shape index (κ3) is 3.60. The summed E-state index contributed by atoms with van der Waals surface area (Å²) in [5, 5.41) is 6.49. The number of halogens is 4. The van der Waals surface area contributed by atoms with Gasteiger partial charge < -0.3 is 5.32 Å². The summed E-state index contributed by atoms with van der Waals surface area (Å²) in [6, 6.07) is 4.88. The van der Waals surface area contributed by atoms with E-state index >= 15 is 0 Å². The molecule has 0 spiro atoms. The highest BCUT2D eigenvalue weighted by Gasteiger charge is 2.33. The summed E-state index contributed by atoms with van der Waals surface area (Å²) in [5.74, 6) is -0.557. The third-order valence-electron chi connectivity index (χ3n) is 3.09. The zero-order valence-corrected chi connectivity index (χ0v) is 14.0. The van der Waals surface area contributed by atoms with Gasteiger partial charge in [0.25, 0.3) is 0 Å². The maximum atomic E-state index is 12.9. The number of hydrogen-bond acceptors (Lipinski definition) is 2. The number of amides is 1. The molecular formula is C14H13F3IN3O. The number of hydrogen-bond donors (Lipinski definition) is 1. The van der Waals surface area contributed by atoms with Crippen LogP contribution in [0.4, 0.5) is 18.9 Å².